The summed E-state index contributed by atoms with van der Waals surface area (Å²) < 4.78 is 7.33. The molecule has 2 aromatic carbocycles. The second-order valence-electron chi connectivity index (χ2n) is 6.62. The standard InChI is InChI=1S/C22H20N2O3/c1-4-24-18(21(25)23(3)15-9-7-8-14(2)12-15)13-17-20(24)16-10-5-6-11-19(16)27-22(17)26/h5-13H,4H2,1-3H3. The predicted molar refractivity (Wildman–Crippen MR) is 108 cm³/mol. The van der Waals surface area contributed by atoms with Crippen molar-refractivity contribution in [2.75, 3.05) is 11.9 Å². The van der Waals surface area contributed by atoms with Crippen LogP contribution in [0.4, 0.5) is 5.69 Å². The molecule has 0 radical (unpaired) electrons. The largest absolute Gasteiger partial charge is 0.422 e. The van der Waals surface area contributed by atoms with Gasteiger partial charge in [-0.3, -0.25) is 4.79 Å². The zero-order valence-corrected chi connectivity index (χ0v) is 15.5. The van der Waals surface area contributed by atoms with E-state index in [1.165, 1.54) is 0 Å². The van der Waals surface area contributed by atoms with E-state index in [1.54, 1.807) is 24.1 Å². The summed E-state index contributed by atoms with van der Waals surface area (Å²) in [4.78, 5) is 27.3. The molecule has 4 aromatic rings. The SMILES string of the molecule is CCn1c(C(=O)N(C)c2cccc(C)c2)cc2c(=O)oc3ccccc3c21. The average Bonchev–Trinajstić information content (AvgIpc) is 3.07. The Morgan fingerprint density at radius 1 is 1.07 bits per heavy atom. The van der Waals surface area contributed by atoms with Crippen LogP contribution in [0.15, 0.2) is 63.8 Å². The molecule has 1 amide bonds. The van der Waals surface area contributed by atoms with E-state index in [2.05, 4.69) is 0 Å². The summed E-state index contributed by atoms with van der Waals surface area (Å²) in [5.74, 6) is -0.165. The molecule has 0 saturated heterocycles. The fourth-order valence-corrected chi connectivity index (χ4v) is 3.53. The first-order valence-corrected chi connectivity index (χ1v) is 8.91. The maximum atomic E-state index is 13.2. The molecule has 2 aromatic heterocycles. The first-order chi connectivity index (χ1) is 13.0. The molecule has 0 aliphatic heterocycles. The van der Waals surface area contributed by atoms with E-state index >= 15 is 0 Å². The number of anilines is 1. The van der Waals surface area contributed by atoms with E-state index in [0.29, 0.717) is 23.2 Å². The van der Waals surface area contributed by atoms with Gasteiger partial charge in [0.15, 0.2) is 0 Å². The zero-order valence-electron chi connectivity index (χ0n) is 15.5. The molecule has 136 valence electrons. The van der Waals surface area contributed by atoms with Crippen LogP contribution < -0.4 is 10.5 Å². The summed E-state index contributed by atoms with van der Waals surface area (Å²) in [5.41, 5.74) is 3.20. The number of aryl methyl sites for hydroxylation is 2. The summed E-state index contributed by atoms with van der Waals surface area (Å²) in [6.45, 7) is 4.52. The summed E-state index contributed by atoms with van der Waals surface area (Å²) in [6, 6.07) is 16.8. The van der Waals surface area contributed by atoms with Gasteiger partial charge in [-0.1, -0.05) is 24.3 Å². The molecule has 5 heteroatoms. The quantitative estimate of drug-likeness (QED) is 0.510. The molecule has 0 atom stereocenters. The Morgan fingerprint density at radius 3 is 2.59 bits per heavy atom. The van der Waals surface area contributed by atoms with E-state index < -0.39 is 5.63 Å². The minimum Gasteiger partial charge on any atom is -0.422 e. The molecule has 0 spiro atoms. The molecule has 0 N–H and O–H groups in total. The molecule has 2 heterocycles. The fraction of sp³-hybridized carbons (Fsp3) is 0.182. The molecule has 0 saturated carbocycles. The number of fused-ring (bicyclic) bond motifs is 3. The number of hydrogen-bond acceptors (Lipinski definition) is 3. The van der Waals surface area contributed by atoms with Gasteiger partial charge in [0.05, 0.1) is 10.9 Å². The van der Waals surface area contributed by atoms with E-state index in [9.17, 15) is 9.59 Å². The van der Waals surface area contributed by atoms with Crippen LogP contribution in [0.3, 0.4) is 0 Å². The highest BCUT2D eigenvalue weighted by Crippen LogP contribution is 2.27. The average molecular weight is 360 g/mol. The smallest absolute Gasteiger partial charge is 0.345 e. The molecule has 4 rings (SSSR count). The Kier molecular flexibility index (Phi) is 4.07. The van der Waals surface area contributed by atoms with Crippen molar-refractivity contribution >= 4 is 33.5 Å². The van der Waals surface area contributed by atoms with Gasteiger partial charge < -0.3 is 13.9 Å². The highest BCUT2D eigenvalue weighted by molar-refractivity contribution is 6.11. The lowest BCUT2D eigenvalue weighted by molar-refractivity contribution is 0.0984. The third-order valence-electron chi connectivity index (χ3n) is 4.89. The number of hydrogen-bond donors (Lipinski definition) is 0. The second kappa shape index (κ2) is 6.43. The van der Waals surface area contributed by atoms with Crippen molar-refractivity contribution in [3.8, 4) is 0 Å². The van der Waals surface area contributed by atoms with Crippen LogP contribution in [0.25, 0.3) is 21.9 Å². The third-order valence-corrected chi connectivity index (χ3v) is 4.89. The predicted octanol–water partition coefficient (Wildman–Crippen LogP) is 4.35. The highest BCUT2D eigenvalue weighted by Gasteiger charge is 2.22. The van der Waals surface area contributed by atoms with Crippen molar-refractivity contribution in [2.45, 2.75) is 20.4 Å². The maximum Gasteiger partial charge on any atom is 0.345 e. The number of nitrogens with zero attached hydrogens (tertiary/aromatic N) is 2. The van der Waals surface area contributed by atoms with Crippen molar-refractivity contribution < 1.29 is 9.21 Å². The summed E-state index contributed by atoms with van der Waals surface area (Å²) in [5, 5.41) is 1.25. The molecule has 0 bridgehead atoms. The van der Waals surface area contributed by atoms with Crippen LogP contribution in [-0.4, -0.2) is 17.5 Å². The first kappa shape index (κ1) is 17.1. The Morgan fingerprint density at radius 2 is 1.85 bits per heavy atom. The number of amides is 1. The van der Waals surface area contributed by atoms with Crippen molar-refractivity contribution in [3.05, 3.63) is 76.3 Å². The Hall–Kier alpha value is -3.34. The Labute approximate surface area is 156 Å². The van der Waals surface area contributed by atoms with Crippen molar-refractivity contribution in [3.63, 3.8) is 0 Å². The van der Waals surface area contributed by atoms with Gasteiger partial charge in [0.2, 0.25) is 0 Å². The topological polar surface area (TPSA) is 55.5 Å². The molecule has 0 unspecified atom stereocenters. The molecular formula is C22H20N2O3. The molecular weight excluding hydrogens is 340 g/mol. The van der Waals surface area contributed by atoms with Gasteiger partial charge in [-0.15, -0.1) is 0 Å². The van der Waals surface area contributed by atoms with Gasteiger partial charge in [-0.2, -0.15) is 0 Å². The number of carbonyl (C=O) groups excluding carboxylic acids is 1. The minimum atomic E-state index is -0.428. The Balaban J connectivity index is 1.94. The monoisotopic (exact) mass is 360 g/mol. The van der Waals surface area contributed by atoms with Gasteiger partial charge in [0.1, 0.15) is 11.3 Å². The Bertz CT molecular complexity index is 1230. The third kappa shape index (κ3) is 2.72. The lowest BCUT2D eigenvalue weighted by Crippen LogP contribution is -2.28. The van der Waals surface area contributed by atoms with Gasteiger partial charge >= 0.3 is 5.63 Å². The lowest BCUT2D eigenvalue weighted by Gasteiger charge is -2.19. The van der Waals surface area contributed by atoms with Crippen molar-refractivity contribution in [1.29, 1.82) is 0 Å². The van der Waals surface area contributed by atoms with Gasteiger partial charge in [-0.05, 0) is 49.7 Å². The van der Waals surface area contributed by atoms with Crippen LogP contribution in [0, 0.1) is 6.92 Å². The van der Waals surface area contributed by atoms with Crippen LogP contribution in [-0.2, 0) is 6.54 Å². The number of carbonyl (C=O) groups is 1. The molecule has 27 heavy (non-hydrogen) atoms. The van der Waals surface area contributed by atoms with Crippen LogP contribution >= 0.6 is 0 Å². The van der Waals surface area contributed by atoms with E-state index in [0.717, 1.165) is 22.2 Å². The summed E-state index contributed by atoms with van der Waals surface area (Å²) in [7, 11) is 1.75. The maximum absolute atomic E-state index is 13.2. The van der Waals surface area contributed by atoms with Crippen LogP contribution in [0.5, 0.6) is 0 Å². The fourth-order valence-electron chi connectivity index (χ4n) is 3.53. The summed E-state index contributed by atoms with van der Waals surface area (Å²) >= 11 is 0. The lowest BCUT2D eigenvalue weighted by atomic mass is 10.2. The highest BCUT2D eigenvalue weighted by atomic mass is 16.4. The van der Waals surface area contributed by atoms with Gasteiger partial charge in [0.25, 0.3) is 5.91 Å². The van der Waals surface area contributed by atoms with Gasteiger partial charge in [0, 0.05) is 24.7 Å². The van der Waals surface area contributed by atoms with Crippen LogP contribution in [0.2, 0.25) is 0 Å². The summed E-state index contributed by atoms with van der Waals surface area (Å²) in [6.07, 6.45) is 0. The first-order valence-electron chi connectivity index (χ1n) is 8.91. The molecule has 0 aliphatic rings. The zero-order chi connectivity index (χ0) is 19.1. The number of benzene rings is 2. The molecule has 0 fully saturated rings. The molecule has 5 nitrogen and oxygen atoms in total. The molecule has 0 aliphatic carbocycles. The number of para-hydroxylation sites is 1. The van der Waals surface area contributed by atoms with E-state index in [4.69, 9.17) is 4.42 Å². The van der Waals surface area contributed by atoms with Crippen molar-refractivity contribution in [2.24, 2.45) is 0 Å². The van der Waals surface area contributed by atoms with Gasteiger partial charge in [-0.25, -0.2) is 4.79 Å². The van der Waals surface area contributed by atoms with Crippen LogP contribution in [0.1, 0.15) is 23.0 Å². The normalized spacial score (nSPS) is 11.2. The minimum absolute atomic E-state index is 0.165. The second-order valence-corrected chi connectivity index (χ2v) is 6.62. The number of aromatic nitrogens is 1. The van der Waals surface area contributed by atoms with Crippen molar-refractivity contribution in [1.82, 2.24) is 4.57 Å². The van der Waals surface area contributed by atoms with E-state index in [1.807, 2.05) is 60.9 Å². The van der Waals surface area contributed by atoms with E-state index in [-0.39, 0.29) is 5.91 Å². The number of rotatable bonds is 3.